The molecule has 0 unspecified atom stereocenters. The molecular formula is C14H19Cl2N3S. The fourth-order valence-electron chi connectivity index (χ4n) is 2.27. The van der Waals surface area contributed by atoms with Gasteiger partial charge in [-0.15, -0.1) is 0 Å². The number of halogens is 2. The zero-order chi connectivity index (χ0) is 14.5. The molecule has 110 valence electrons. The standard InChI is InChI=1S/C14H19Cl2N3S/c1-2-5-18-6-8-19(9-7-18)14(20)17-11-3-4-12(15)13(16)10-11/h3-4,10H,2,5-9H2,1H3,(H,17,20). The van der Waals surface area contributed by atoms with E-state index in [0.717, 1.165) is 37.0 Å². The second-order valence-electron chi connectivity index (χ2n) is 4.89. The molecule has 1 aromatic carbocycles. The van der Waals surface area contributed by atoms with E-state index in [9.17, 15) is 0 Å². The Labute approximate surface area is 135 Å². The molecule has 0 atom stereocenters. The average Bonchev–Trinajstić information content (AvgIpc) is 2.44. The Balaban J connectivity index is 1.88. The van der Waals surface area contributed by atoms with E-state index in [1.807, 2.05) is 6.07 Å². The van der Waals surface area contributed by atoms with Crippen molar-refractivity contribution in [3.63, 3.8) is 0 Å². The van der Waals surface area contributed by atoms with Crippen molar-refractivity contribution >= 4 is 46.2 Å². The summed E-state index contributed by atoms with van der Waals surface area (Å²) < 4.78 is 0. The smallest absolute Gasteiger partial charge is 0.173 e. The van der Waals surface area contributed by atoms with Gasteiger partial charge in [0, 0.05) is 31.9 Å². The zero-order valence-corrected chi connectivity index (χ0v) is 13.9. The lowest BCUT2D eigenvalue weighted by Gasteiger charge is -2.36. The Morgan fingerprint density at radius 3 is 2.50 bits per heavy atom. The van der Waals surface area contributed by atoms with Gasteiger partial charge in [-0.2, -0.15) is 0 Å². The van der Waals surface area contributed by atoms with E-state index >= 15 is 0 Å². The molecule has 3 nitrogen and oxygen atoms in total. The fraction of sp³-hybridized carbons (Fsp3) is 0.500. The van der Waals surface area contributed by atoms with E-state index in [0.29, 0.717) is 10.0 Å². The van der Waals surface area contributed by atoms with Crippen molar-refractivity contribution < 1.29 is 0 Å². The van der Waals surface area contributed by atoms with Crippen LogP contribution >= 0.6 is 35.4 Å². The maximum absolute atomic E-state index is 6.00. The Morgan fingerprint density at radius 1 is 1.20 bits per heavy atom. The highest BCUT2D eigenvalue weighted by atomic mass is 35.5. The number of nitrogens with zero attached hydrogens (tertiary/aromatic N) is 2. The quantitative estimate of drug-likeness (QED) is 0.850. The lowest BCUT2D eigenvalue weighted by atomic mass is 10.3. The van der Waals surface area contributed by atoms with Crippen LogP contribution in [0.5, 0.6) is 0 Å². The number of piperazine rings is 1. The molecule has 6 heteroatoms. The van der Waals surface area contributed by atoms with Crippen LogP contribution in [0.15, 0.2) is 18.2 Å². The second kappa shape index (κ2) is 7.46. The van der Waals surface area contributed by atoms with Crippen molar-refractivity contribution in [1.29, 1.82) is 0 Å². The third kappa shape index (κ3) is 4.22. The summed E-state index contributed by atoms with van der Waals surface area (Å²) in [6.07, 6.45) is 1.20. The van der Waals surface area contributed by atoms with Crippen molar-refractivity contribution in [2.24, 2.45) is 0 Å². The van der Waals surface area contributed by atoms with Crippen LogP contribution in [-0.2, 0) is 0 Å². The van der Waals surface area contributed by atoms with E-state index in [1.165, 1.54) is 13.0 Å². The largest absolute Gasteiger partial charge is 0.346 e. The molecule has 1 aliphatic rings. The summed E-state index contributed by atoms with van der Waals surface area (Å²) in [6.45, 7) is 7.44. The maximum atomic E-state index is 6.00. The van der Waals surface area contributed by atoms with Gasteiger partial charge >= 0.3 is 0 Å². The molecule has 1 aliphatic heterocycles. The summed E-state index contributed by atoms with van der Waals surface area (Å²) in [4.78, 5) is 4.67. The summed E-state index contributed by atoms with van der Waals surface area (Å²) in [7, 11) is 0. The third-order valence-corrected chi connectivity index (χ3v) is 4.47. The zero-order valence-electron chi connectivity index (χ0n) is 11.5. The molecule has 1 fully saturated rings. The molecule has 0 bridgehead atoms. The van der Waals surface area contributed by atoms with Crippen molar-refractivity contribution in [3.8, 4) is 0 Å². The minimum Gasteiger partial charge on any atom is -0.346 e. The van der Waals surface area contributed by atoms with Gasteiger partial charge in [0.2, 0.25) is 0 Å². The molecule has 0 amide bonds. The van der Waals surface area contributed by atoms with Crippen molar-refractivity contribution in [2.45, 2.75) is 13.3 Å². The van der Waals surface area contributed by atoms with Crippen molar-refractivity contribution in [3.05, 3.63) is 28.2 Å². The van der Waals surface area contributed by atoms with Crippen molar-refractivity contribution in [2.75, 3.05) is 38.0 Å². The number of benzene rings is 1. The van der Waals surface area contributed by atoms with Crippen LogP contribution in [0.4, 0.5) is 5.69 Å². The first-order chi connectivity index (χ1) is 9.60. The van der Waals surface area contributed by atoms with Crippen LogP contribution in [0.1, 0.15) is 13.3 Å². The summed E-state index contributed by atoms with van der Waals surface area (Å²) in [5, 5.41) is 5.06. The van der Waals surface area contributed by atoms with Gasteiger partial charge in [0.05, 0.1) is 10.0 Å². The molecule has 0 radical (unpaired) electrons. The molecule has 2 rings (SSSR count). The lowest BCUT2D eigenvalue weighted by molar-refractivity contribution is 0.184. The van der Waals surface area contributed by atoms with Crippen LogP contribution < -0.4 is 5.32 Å². The highest BCUT2D eigenvalue weighted by Crippen LogP contribution is 2.25. The summed E-state index contributed by atoms with van der Waals surface area (Å²) in [5.74, 6) is 0. The van der Waals surface area contributed by atoms with Gasteiger partial charge in [-0.05, 0) is 43.4 Å². The predicted molar refractivity (Wildman–Crippen MR) is 91.0 cm³/mol. The Morgan fingerprint density at radius 2 is 1.90 bits per heavy atom. The molecule has 1 aromatic rings. The van der Waals surface area contributed by atoms with Crippen LogP contribution in [0.3, 0.4) is 0 Å². The topological polar surface area (TPSA) is 18.5 Å². The van der Waals surface area contributed by atoms with E-state index in [4.69, 9.17) is 35.4 Å². The van der Waals surface area contributed by atoms with E-state index in [2.05, 4.69) is 22.0 Å². The summed E-state index contributed by atoms with van der Waals surface area (Å²) >= 11 is 17.4. The number of anilines is 1. The number of hydrogen-bond acceptors (Lipinski definition) is 2. The number of rotatable bonds is 3. The number of thiocarbonyl (C=S) groups is 1. The minimum absolute atomic E-state index is 0.534. The first-order valence-corrected chi connectivity index (χ1v) is 8.00. The second-order valence-corrected chi connectivity index (χ2v) is 6.09. The van der Waals surface area contributed by atoms with Crippen LogP contribution in [0, 0.1) is 0 Å². The van der Waals surface area contributed by atoms with E-state index in [1.54, 1.807) is 12.1 Å². The number of hydrogen-bond donors (Lipinski definition) is 1. The normalized spacial score (nSPS) is 16.2. The SMILES string of the molecule is CCCN1CCN(C(=S)Nc2ccc(Cl)c(Cl)c2)CC1. The average molecular weight is 332 g/mol. The van der Waals surface area contributed by atoms with Crippen LogP contribution in [0.2, 0.25) is 10.0 Å². The van der Waals surface area contributed by atoms with Gasteiger partial charge in [-0.25, -0.2) is 0 Å². The molecule has 1 heterocycles. The summed E-state index contributed by atoms with van der Waals surface area (Å²) in [5.41, 5.74) is 0.875. The van der Waals surface area contributed by atoms with Crippen molar-refractivity contribution in [1.82, 2.24) is 9.80 Å². The molecule has 0 saturated carbocycles. The molecule has 0 spiro atoms. The molecule has 0 aromatic heterocycles. The third-order valence-electron chi connectivity index (χ3n) is 3.37. The van der Waals surface area contributed by atoms with E-state index in [-0.39, 0.29) is 0 Å². The van der Waals surface area contributed by atoms with E-state index < -0.39 is 0 Å². The Bertz CT molecular complexity index is 473. The Kier molecular flexibility index (Phi) is 5.90. The number of nitrogens with one attached hydrogen (secondary N) is 1. The van der Waals surface area contributed by atoms with Gasteiger partial charge in [0.15, 0.2) is 5.11 Å². The highest BCUT2D eigenvalue weighted by Gasteiger charge is 2.18. The molecule has 1 N–H and O–H groups in total. The first-order valence-electron chi connectivity index (χ1n) is 6.83. The minimum atomic E-state index is 0.534. The van der Waals surface area contributed by atoms with Gasteiger partial charge in [-0.1, -0.05) is 30.1 Å². The first kappa shape index (κ1) is 15.8. The monoisotopic (exact) mass is 331 g/mol. The molecule has 20 heavy (non-hydrogen) atoms. The van der Waals surface area contributed by atoms with Crippen LogP contribution in [0.25, 0.3) is 0 Å². The predicted octanol–water partition coefficient (Wildman–Crippen LogP) is 3.72. The molecular weight excluding hydrogens is 313 g/mol. The molecule has 0 aliphatic carbocycles. The van der Waals surface area contributed by atoms with Gasteiger partial charge in [0.25, 0.3) is 0 Å². The fourth-order valence-corrected chi connectivity index (χ4v) is 2.87. The highest BCUT2D eigenvalue weighted by molar-refractivity contribution is 7.80. The van der Waals surface area contributed by atoms with Gasteiger partial charge < -0.3 is 10.2 Å². The van der Waals surface area contributed by atoms with Gasteiger partial charge in [-0.3, -0.25) is 4.90 Å². The molecule has 1 saturated heterocycles. The lowest BCUT2D eigenvalue weighted by Crippen LogP contribution is -2.49. The summed E-state index contributed by atoms with van der Waals surface area (Å²) in [6, 6.07) is 5.45. The maximum Gasteiger partial charge on any atom is 0.173 e. The van der Waals surface area contributed by atoms with Gasteiger partial charge in [0.1, 0.15) is 0 Å². The van der Waals surface area contributed by atoms with Crippen LogP contribution in [-0.4, -0.2) is 47.6 Å². The Hall–Kier alpha value is -0.550.